The zero-order valence-corrected chi connectivity index (χ0v) is 13.4. The Hall–Kier alpha value is -1.46. The van der Waals surface area contributed by atoms with Gasteiger partial charge in [-0.05, 0) is 43.6 Å². The van der Waals surface area contributed by atoms with Crippen molar-refractivity contribution in [2.24, 2.45) is 0 Å². The fraction of sp³-hybridized carbons (Fsp3) is 0.647. The van der Waals surface area contributed by atoms with Crippen molar-refractivity contribution in [1.82, 2.24) is 19.7 Å². The molecule has 0 N–H and O–H groups in total. The molecule has 0 unspecified atom stereocenters. The second-order valence-corrected chi connectivity index (χ2v) is 6.50. The third-order valence-corrected chi connectivity index (χ3v) is 4.95. The number of pyridine rings is 1. The van der Waals surface area contributed by atoms with Gasteiger partial charge in [0.05, 0.1) is 0 Å². The summed E-state index contributed by atoms with van der Waals surface area (Å²) in [6, 6.07) is 4.23. The maximum absolute atomic E-state index is 12.3. The smallest absolute Gasteiger partial charge is 0.223 e. The molecule has 2 aliphatic rings. The first-order valence-electron chi connectivity index (χ1n) is 8.31. The molecule has 1 atom stereocenters. The lowest BCUT2D eigenvalue weighted by molar-refractivity contribution is -0.133. The summed E-state index contributed by atoms with van der Waals surface area (Å²) in [5.41, 5.74) is 1.38. The molecular formula is C17H26N4O. The molecule has 0 aromatic carbocycles. The summed E-state index contributed by atoms with van der Waals surface area (Å²) in [4.78, 5) is 23.1. The van der Waals surface area contributed by atoms with E-state index in [-0.39, 0.29) is 0 Å². The number of likely N-dealkylation sites (tertiary alicyclic amines) is 1. The van der Waals surface area contributed by atoms with E-state index in [0.717, 1.165) is 45.8 Å². The van der Waals surface area contributed by atoms with Gasteiger partial charge in [-0.1, -0.05) is 0 Å². The molecule has 22 heavy (non-hydrogen) atoms. The van der Waals surface area contributed by atoms with Crippen LogP contribution in [0.25, 0.3) is 0 Å². The van der Waals surface area contributed by atoms with Gasteiger partial charge >= 0.3 is 0 Å². The molecule has 3 heterocycles. The SMILES string of the molecule is CN1CCN(C(=O)CCN2CC[C@H](c3ccncc3)C2)CC1. The first-order valence-corrected chi connectivity index (χ1v) is 8.31. The number of piperazine rings is 1. The normalized spacial score (nSPS) is 23.9. The Morgan fingerprint density at radius 3 is 2.64 bits per heavy atom. The van der Waals surface area contributed by atoms with Crippen LogP contribution in [0.5, 0.6) is 0 Å². The summed E-state index contributed by atoms with van der Waals surface area (Å²) in [6.45, 7) is 6.83. The van der Waals surface area contributed by atoms with Gasteiger partial charge in [0, 0.05) is 58.1 Å². The molecule has 120 valence electrons. The van der Waals surface area contributed by atoms with Gasteiger partial charge in [0.15, 0.2) is 0 Å². The Morgan fingerprint density at radius 2 is 1.91 bits per heavy atom. The molecule has 0 saturated carbocycles. The van der Waals surface area contributed by atoms with Crippen LogP contribution in [-0.2, 0) is 4.79 Å². The number of likely N-dealkylation sites (N-methyl/N-ethyl adjacent to an activating group) is 1. The lowest BCUT2D eigenvalue weighted by atomic mass is 10.00. The van der Waals surface area contributed by atoms with E-state index in [4.69, 9.17) is 0 Å². The number of carbonyl (C=O) groups excluding carboxylic acids is 1. The highest BCUT2D eigenvalue weighted by molar-refractivity contribution is 5.76. The molecule has 1 aromatic heterocycles. The predicted octanol–water partition coefficient (Wildman–Crippen LogP) is 1.03. The second-order valence-electron chi connectivity index (χ2n) is 6.50. The first-order chi connectivity index (χ1) is 10.7. The lowest BCUT2D eigenvalue weighted by Crippen LogP contribution is -2.47. The quantitative estimate of drug-likeness (QED) is 0.833. The summed E-state index contributed by atoms with van der Waals surface area (Å²) in [5, 5.41) is 0. The minimum atomic E-state index is 0.320. The second kappa shape index (κ2) is 7.20. The maximum Gasteiger partial charge on any atom is 0.223 e. The molecule has 2 aliphatic heterocycles. The molecule has 5 nitrogen and oxygen atoms in total. The Labute approximate surface area is 132 Å². The standard InChI is InChI=1S/C17H26N4O/c1-19-10-12-21(13-11-19)17(22)5-9-20-8-4-16(14-20)15-2-6-18-7-3-15/h2-3,6-7,16H,4-5,8-14H2,1H3/t16-/m0/s1. The number of rotatable bonds is 4. The van der Waals surface area contributed by atoms with Gasteiger partial charge in [-0.15, -0.1) is 0 Å². The van der Waals surface area contributed by atoms with E-state index in [0.29, 0.717) is 18.2 Å². The molecule has 0 radical (unpaired) electrons. The first kappa shape index (κ1) is 15.4. The Bertz CT molecular complexity index is 485. The van der Waals surface area contributed by atoms with Crippen molar-refractivity contribution in [3.63, 3.8) is 0 Å². The summed E-state index contributed by atoms with van der Waals surface area (Å²) < 4.78 is 0. The van der Waals surface area contributed by atoms with Crippen molar-refractivity contribution >= 4 is 5.91 Å². The average Bonchev–Trinajstić information content (AvgIpc) is 3.03. The summed E-state index contributed by atoms with van der Waals surface area (Å²) in [7, 11) is 2.12. The van der Waals surface area contributed by atoms with Crippen LogP contribution in [0.15, 0.2) is 24.5 Å². The highest BCUT2D eigenvalue weighted by Crippen LogP contribution is 2.26. The van der Waals surface area contributed by atoms with Crippen molar-refractivity contribution in [3.8, 4) is 0 Å². The zero-order chi connectivity index (χ0) is 15.4. The molecule has 3 rings (SSSR count). The molecule has 0 aliphatic carbocycles. The van der Waals surface area contributed by atoms with Crippen molar-refractivity contribution in [2.45, 2.75) is 18.8 Å². The van der Waals surface area contributed by atoms with Gasteiger partial charge in [0.1, 0.15) is 0 Å². The Morgan fingerprint density at radius 1 is 1.18 bits per heavy atom. The molecule has 1 amide bonds. The predicted molar refractivity (Wildman–Crippen MR) is 86.7 cm³/mol. The summed E-state index contributed by atoms with van der Waals surface area (Å²) in [6.07, 6.45) is 5.59. The van der Waals surface area contributed by atoms with Crippen LogP contribution >= 0.6 is 0 Å². The van der Waals surface area contributed by atoms with Crippen LogP contribution in [-0.4, -0.2) is 78.5 Å². The number of hydrogen-bond donors (Lipinski definition) is 0. The molecule has 0 spiro atoms. The van der Waals surface area contributed by atoms with Crippen molar-refractivity contribution in [3.05, 3.63) is 30.1 Å². The van der Waals surface area contributed by atoms with Crippen molar-refractivity contribution in [2.75, 3.05) is 52.9 Å². The molecule has 5 heteroatoms. The van der Waals surface area contributed by atoms with E-state index in [1.54, 1.807) is 0 Å². The minimum absolute atomic E-state index is 0.320. The van der Waals surface area contributed by atoms with Gasteiger partial charge in [0.25, 0.3) is 0 Å². The molecule has 2 fully saturated rings. The van der Waals surface area contributed by atoms with E-state index in [1.807, 2.05) is 17.3 Å². The number of nitrogens with zero attached hydrogens (tertiary/aromatic N) is 4. The fourth-order valence-electron chi connectivity index (χ4n) is 3.41. The molecule has 2 saturated heterocycles. The van der Waals surface area contributed by atoms with Crippen LogP contribution in [0, 0.1) is 0 Å². The molecule has 0 bridgehead atoms. The van der Waals surface area contributed by atoms with Gasteiger partial charge in [-0.2, -0.15) is 0 Å². The third kappa shape index (κ3) is 3.84. The van der Waals surface area contributed by atoms with Gasteiger partial charge in [-0.3, -0.25) is 9.78 Å². The summed E-state index contributed by atoms with van der Waals surface area (Å²) in [5.74, 6) is 0.919. The van der Waals surface area contributed by atoms with Crippen molar-refractivity contribution < 1.29 is 4.79 Å². The molecular weight excluding hydrogens is 276 g/mol. The van der Waals surface area contributed by atoms with Crippen LogP contribution in [0.2, 0.25) is 0 Å². The largest absolute Gasteiger partial charge is 0.340 e. The number of aromatic nitrogens is 1. The van der Waals surface area contributed by atoms with E-state index in [2.05, 4.69) is 34.0 Å². The zero-order valence-electron chi connectivity index (χ0n) is 13.4. The average molecular weight is 302 g/mol. The van der Waals surface area contributed by atoms with E-state index < -0.39 is 0 Å². The van der Waals surface area contributed by atoms with Crippen LogP contribution in [0.3, 0.4) is 0 Å². The number of carbonyl (C=O) groups is 1. The van der Waals surface area contributed by atoms with Crippen LogP contribution < -0.4 is 0 Å². The van der Waals surface area contributed by atoms with E-state index in [9.17, 15) is 4.79 Å². The van der Waals surface area contributed by atoms with Crippen LogP contribution in [0.1, 0.15) is 24.3 Å². The number of amides is 1. The molecule has 1 aromatic rings. The third-order valence-electron chi connectivity index (χ3n) is 4.95. The Balaban J connectivity index is 1.42. The van der Waals surface area contributed by atoms with E-state index >= 15 is 0 Å². The van der Waals surface area contributed by atoms with Gasteiger partial charge in [-0.25, -0.2) is 0 Å². The van der Waals surface area contributed by atoms with Crippen molar-refractivity contribution in [1.29, 1.82) is 0 Å². The minimum Gasteiger partial charge on any atom is -0.340 e. The number of hydrogen-bond acceptors (Lipinski definition) is 4. The fourth-order valence-corrected chi connectivity index (χ4v) is 3.41. The topological polar surface area (TPSA) is 39.7 Å². The van der Waals surface area contributed by atoms with Crippen LogP contribution in [0.4, 0.5) is 0 Å². The Kier molecular flexibility index (Phi) is 5.05. The maximum atomic E-state index is 12.3. The van der Waals surface area contributed by atoms with Gasteiger partial charge in [0.2, 0.25) is 5.91 Å². The highest BCUT2D eigenvalue weighted by Gasteiger charge is 2.25. The van der Waals surface area contributed by atoms with Gasteiger partial charge < -0.3 is 14.7 Å². The summed E-state index contributed by atoms with van der Waals surface area (Å²) >= 11 is 0. The van der Waals surface area contributed by atoms with E-state index in [1.165, 1.54) is 12.0 Å². The highest BCUT2D eigenvalue weighted by atomic mass is 16.2. The monoisotopic (exact) mass is 302 g/mol. The lowest BCUT2D eigenvalue weighted by Gasteiger charge is -2.32.